The molecule has 7 nitrogen and oxygen atoms in total. The van der Waals surface area contributed by atoms with E-state index >= 15 is 0 Å². The Morgan fingerprint density at radius 2 is 1.77 bits per heavy atom. The molecule has 0 aliphatic rings. The van der Waals surface area contributed by atoms with Crippen LogP contribution in [-0.4, -0.2) is 43.4 Å². The first-order valence-electron chi connectivity index (χ1n) is 7.69. The van der Waals surface area contributed by atoms with Crippen LogP contribution >= 0.6 is 0 Å². The second-order valence-electron chi connectivity index (χ2n) is 5.59. The number of hydrogen-bond acceptors (Lipinski definition) is 5. The number of esters is 1. The number of nitrogens with zero attached hydrogens (tertiary/aromatic N) is 2. The van der Waals surface area contributed by atoms with E-state index in [2.05, 4.69) is 5.32 Å². The van der Waals surface area contributed by atoms with E-state index in [4.69, 9.17) is 10.00 Å². The molecule has 0 saturated carbocycles. The predicted molar refractivity (Wildman–Crippen MR) is 94.5 cm³/mol. The van der Waals surface area contributed by atoms with E-state index in [0.29, 0.717) is 16.8 Å². The Morgan fingerprint density at radius 1 is 1.08 bits per heavy atom. The van der Waals surface area contributed by atoms with Crippen LogP contribution in [-0.2, 0) is 9.53 Å². The molecule has 2 aromatic rings. The van der Waals surface area contributed by atoms with Crippen LogP contribution in [0.3, 0.4) is 0 Å². The van der Waals surface area contributed by atoms with E-state index in [9.17, 15) is 14.4 Å². The van der Waals surface area contributed by atoms with Gasteiger partial charge in [0.25, 0.3) is 11.8 Å². The molecular weight excluding hydrogens is 334 g/mol. The normalized spacial score (nSPS) is 9.73. The van der Waals surface area contributed by atoms with Crippen molar-refractivity contribution >= 4 is 23.5 Å². The van der Waals surface area contributed by atoms with E-state index in [0.717, 1.165) is 0 Å². The number of carbonyl (C=O) groups excluding carboxylic acids is 3. The Morgan fingerprint density at radius 3 is 2.38 bits per heavy atom. The maximum absolute atomic E-state index is 11.9. The lowest BCUT2D eigenvalue weighted by atomic mass is 10.1. The summed E-state index contributed by atoms with van der Waals surface area (Å²) in [6.45, 7) is -0.464. The van der Waals surface area contributed by atoms with Gasteiger partial charge >= 0.3 is 5.97 Å². The van der Waals surface area contributed by atoms with E-state index in [1.54, 1.807) is 50.5 Å². The van der Waals surface area contributed by atoms with Gasteiger partial charge in [0, 0.05) is 25.3 Å². The van der Waals surface area contributed by atoms with Crippen LogP contribution in [0, 0.1) is 11.3 Å². The molecule has 0 saturated heterocycles. The first kappa shape index (κ1) is 18.7. The van der Waals surface area contributed by atoms with Gasteiger partial charge in [-0.05, 0) is 42.5 Å². The molecule has 7 heteroatoms. The molecule has 0 aliphatic carbocycles. The van der Waals surface area contributed by atoms with Gasteiger partial charge in [0.2, 0.25) is 0 Å². The zero-order valence-electron chi connectivity index (χ0n) is 14.4. The van der Waals surface area contributed by atoms with E-state index in [1.807, 2.05) is 6.07 Å². The molecule has 1 N–H and O–H groups in total. The average Bonchev–Trinajstić information content (AvgIpc) is 2.66. The summed E-state index contributed by atoms with van der Waals surface area (Å²) in [7, 11) is 3.30. The number of benzene rings is 2. The summed E-state index contributed by atoms with van der Waals surface area (Å²) in [6, 6.07) is 14.3. The number of nitriles is 1. The first-order valence-corrected chi connectivity index (χ1v) is 7.69. The zero-order chi connectivity index (χ0) is 19.1. The maximum Gasteiger partial charge on any atom is 0.338 e. The zero-order valence-corrected chi connectivity index (χ0v) is 14.4. The van der Waals surface area contributed by atoms with Crippen LogP contribution in [0.15, 0.2) is 48.5 Å². The molecule has 0 atom stereocenters. The highest BCUT2D eigenvalue weighted by molar-refractivity contribution is 5.97. The van der Waals surface area contributed by atoms with Crippen molar-refractivity contribution in [2.75, 3.05) is 26.0 Å². The van der Waals surface area contributed by atoms with Gasteiger partial charge in [-0.15, -0.1) is 0 Å². The quantitative estimate of drug-likeness (QED) is 0.831. The van der Waals surface area contributed by atoms with Crippen molar-refractivity contribution in [2.24, 2.45) is 0 Å². The monoisotopic (exact) mass is 351 g/mol. The molecule has 0 heterocycles. The fraction of sp³-hybridized carbons (Fsp3) is 0.158. The summed E-state index contributed by atoms with van der Waals surface area (Å²) in [6.07, 6.45) is 0. The maximum atomic E-state index is 11.9. The molecule has 26 heavy (non-hydrogen) atoms. The molecule has 2 aromatic carbocycles. The smallest absolute Gasteiger partial charge is 0.338 e. The molecule has 0 spiro atoms. The van der Waals surface area contributed by atoms with Gasteiger partial charge in [0.15, 0.2) is 6.61 Å². The summed E-state index contributed by atoms with van der Waals surface area (Å²) in [5, 5.41) is 11.4. The van der Waals surface area contributed by atoms with Gasteiger partial charge in [-0.2, -0.15) is 5.26 Å². The Balaban J connectivity index is 1.89. The fourth-order valence-corrected chi connectivity index (χ4v) is 2.08. The number of anilines is 1. The SMILES string of the molecule is CN(C)C(=O)c1ccc(NC(=O)COC(=O)c2cccc(C#N)c2)cc1. The third-order valence-corrected chi connectivity index (χ3v) is 3.38. The van der Waals surface area contributed by atoms with E-state index in [-0.39, 0.29) is 11.5 Å². The molecule has 0 bridgehead atoms. The minimum Gasteiger partial charge on any atom is -0.452 e. The molecule has 132 valence electrons. The molecular formula is C19H17N3O4. The summed E-state index contributed by atoms with van der Waals surface area (Å²) in [5.74, 6) is -1.35. The van der Waals surface area contributed by atoms with Crippen molar-refractivity contribution in [3.8, 4) is 6.07 Å². The highest BCUT2D eigenvalue weighted by atomic mass is 16.5. The van der Waals surface area contributed by atoms with Gasteiger partial charge in [-0.1, -0.05) is 6.07 Å². The highest BCUT2D eigenvalue weighted by Crippen LogP contribution is 2.11. The predicted octanol–water partition coefficient (Wildman–Crippen LogP) is 2.06. The molecule has 0 fully saturated rings. The largest absolute Gasteiger partial charge is 0.452 e. The Hall–Kier alpha value is -3.66. The third-order valence-electron chi connectivity index (χ3n) is 3.38. The molecule has 0 aromatic heterocycles. The van der Waals surface area contributed by atoms with Crippen LogP contribution < -0.4 is 5.32 Å². The van der Waals surface area contributed by atoms with Crippen molar-refractivity contribution < 1.29 is 19.1 Å². The van der Waals surface area contributed by atoms with Crippen LogP contribution in [0.4, 0.5) is 5.69 Å². The highest BCUT2D eigenvalue weighted by Gasteiger charge is 2.12. The van der Waals surface area contributed by atoms with Crippen LogP contribution in [0.5, 0.6) is 0 Å². The van der Waals surface area contributed by atoms with E-state index < -0.39 is 18.5 Å². The van der Waals surface area contributed by atoms with Crippen molar-refractivity contribution in [1.82, 2.24) is 4.90 Å². The molecule has 0 radical (unpaired) electrons. The first-order chi connectivity index (χ1) is 12.4. The van der Waals surface area contributed by atoms with Crippen LogP contribution in [0.1, 0.15) is 26.3 Å². The summed E-state index contributed by atoms with van der Waals surface area (Å²) >= 11 is 0. The Bertz CT molecular complexity index is 867. The second kappa shape index (κ2) is 8.44. The number of hydrogen-bond donors (Lipinski definition) is 1. The number of rotatable bonds is 5. The fourth-order valence-electron chi connectivity index (χ4n) is 2.08. The molecule has 0 aliphatic heterocycles. The van der Waals surface area contributed by atoms with Crippen molar-refractivity contribution in [3.05, 3.63) is 65.2 Å². The number of nitrogens with one attached hydrogen (secondary N) is 1. The molecule has 0 unspecified atom stereocenters. The van der Waals surface area contributed by atoms with Gasteiger partial charge < -0.3 is 15.0 Å². The van der Waals surface area contributed by atoms with E-state index in [1.165, 1.54) is 17.0 Å². The second-order valence-corrected chi connectivity index (χ2v) is 5.59. The summed E-state index contributed by atoms with van der Waals surface area (Å²) in [5.41, 5.74) is 1.50. The topological polar surface area (TPSA) is 99.5 Å². The number of ether oxygens (including phenoxy) is 1. The lowest BCUT2D eigenvalue weighted by Crippen LogP contribution is -2.22. The van der Waals surface area contributed by atoms with Crippen molar-refractivity contribution in [1.29, 1.82) is 5.26 Å². The molecule has 2 amide bonds. The average molecular weight is 351 g/mol. The Labute approximate surface area is 150 Å². The number of carbonyl (C=O) groups is 3. The molecule has 2 rings (SSSR count). The minimum atomic E-state index is -0.691. The standard InChI is InChI=1S/C19H17N3O4/c1-22(2)18(24)14-6-8-16(9-7-14)21-17(23)12-26-19(25)15-5-3-4-13(10-15)11-20/h3-10H,12H2,1-2H3,(H,21,23). The van der Waals surface area contributed by atoms with Gasteiger partial charge in [-0.25, -0.2) is 4.79 Å². The van der Waals surface area contributed by atoms with Gasteiger partial charge in [0.1, 0.15) is 0 Å². The Kier molecular flexibility index (Phi) is 6.06. The van der Waals surface area contributed by atoms with Gasteiger partial charge in [-0.3, -0.25) is 9.59 Å². The van der Waals surface area contributed by atoms with Crippen LogP contribution in [0.2, 0.25) is 0 Å². The van der Waals surface area contributed by atoms with Crippen LogP contribution in [0.25, 0.3) is 0 Å². The lowest BCUT2D eigenvalue weighted by Gasteiger charge is -2.11. The van der Waals surface area contributed by atoms with Crippen molar-refractivity contribution in [3.63, 3.8) is 0 Å². The van der Waals surface area contributed by atoms with Gasteiger partial charge in [0.05, 0.1) is 17.2 Å². The third kappa shape index (κ3) is 4.92. The lowest BCUT2D eigenvalue weighted by molar-refractivity contribution is -0.119. The number of amides is 2. The summed E-state index contributed by atoms with van der Waals surface area (Å²) in [4.78, 5) is 37.0. The van der Waals surface area contributed by atoms with Crippen molar-refractivity contribution in [2.45, 2.75) is 0 Å². The minimum absolute atomic E-state index is 0.142. The summed E-state index contributed by atoms with van der Waals surface area (Å²) < 4.78 is 4.93.